The standard InChI is InChI=1S/C21H19Cl2F2NO2S/c22-15-2-1-14(18(23)9-15)11-29-12-20(27)26-7-5-13(6-8-26)21(28)17-10-16(24)3-4-19(17)25/h1-4,9-10,13H,5-8,11-12H2. The number of carbonyl (C=O) groups is 2. The fourth-order valence-electron chi connectivity index (χ4n) is 3.28. The third kappa shape index (κ3) is 5.71. The van der Waals surface area contributed by atoms with Crippen LogP contribution in [0.4, 0.5) is 8.78 Å². The number of benzene rings is 2. The number of rotatable bonds is 6. The molecule has 3 rings (SSSR count). The largest absolute Gasteiger partial charge is 0.342 e. The lowest BCUT2D eigenvalue weighted by molar-refractivity contribution is -0.129. The summed E-state index contributed by atoms with van der Waals surface area (Å²) in [5, 5.41) is 1.14. The van der Waals surface area contributed by atoms with Gasteiger partial charge in [-0.05, 0) is 48.7 Å². The molecule has 0 atom stereocenters. The zero-order chi connectivity index (χ0) is 21.0. The van der Waals surface area contributed by atoms with Crippen LogP contribution in [0, 0.1) is 17.6 Å². The number of ketones is 1. The van der Waals surface area contributed by atoms with Crippen LogP contribution in [-0.2, 0) is 10.5 Å². The number of thioether (sulfide) groups is 1. The molecule has 0 unspecified atom stereocenters. The van der Waals surface area contributed by atoms with Gasteiger partial charge in [-0.2, -0.15) is 0 Å². The Morgan fingerprint density at radius 1 is 1.07 bits per heavy atom. The van der Waals surface area contributed by atoms with Gasteiger partial charge in [0.25, 0.3) is 0 Å². The minimum atomic E-state index is -0.716. The van der Waals surface area contributed by atoms with E-state index in [-0.39, 0.29) is 11.5 Å². The first kappa shape index (κ1) is 22.1. The first-order valence-corrected chi connectivity index (χ1v) is 11.0. The van der Waals surface area contributed by atoms with Crippen LogP contribution in [0.2, 0.25) is 10.0 Å². The first-order chi connectivity index (χ1) is 13.8. The predicted octanol–water partition coefficient (Wildman–Crippen LogP) is 5.63. The van der Waals surface area contributed by atoms with E-state index in [1.54, 1.807) is 17.0 Å². The van der Waals surface area contributed by atoms with Gasteiger partial charge < -0.3 is 4.90 Å². The van der Waals surface area contributed by atoms with Gasteiger partial charge in [-0.1, -0.05) is 29.3 Å². The van der Waals surface area contributed by atoms with E-state index in [1.165, 1.54) is 11.8 Å². The van der Waals surface area contributed by atoms with Gasteiger partial charge in [-0.3, -0.25) is 9.59 Å². The van der Waals surface area contributed by atoms with Crippen LogP contribution < -0.4 is 0 Å². The number of amides is 1. The molecule has 1 aliphatic rings. The lowest BCUT2D eigenvalue weighted by Crippen LogP contribution is -2.41. The summed E-state index contributed by atoms with van der Waals surface area (Å²) < 4.78 is 27.2. The van der Waals surface area contributed by atoms with Gasteiger partial charge in [0.15, 0.2) is 5.78 Å². The van der Waals surface area contributed by atoms with Crippen molar-refractivity contribution in [1.82, 2.24) is 4.90 Å². The summed E-state index contributed by atoms with van der Waals surface area (Å²) in [7, 11) is 0. The summed E-state index contributed by atoms with van der Waals surface area (Å²) in [4.78, 5) is 26.6. The Bertz CT molecular complexity index is 918. The Morgan fingerprint density at radius 2 is 1.79 bits per heavy atom. The molecule has 8 heteroatoms. The average Bonchev–Trinajstić information content (AvgIpc) is 2.71. The van der Waals surface area contributed by atoms with Crippen molar-refractivity contribution >= 4 is 46.7 Å². The third-order valence-corrected chi connectivity index (χ3v) is 6.46. The van der Waals surface area contributed by atoms with Crippen LogP contribution in [0.15, 0.2) is 36.4 Å². The van der Waals surface area contributed by atoms with Crippen molar-refractivity contribution in [2.45, 2.75) is 18.6 Å². The molecule has 0 aliphatic carbocycles. The van der Waals surface area contributed by atoms with Gasteiger partial charge in [0, 0.05) is 34.8 Å². The molecule has 0 bridgehead atoms. The maximum atomic E-state index is 13.8. The molecule has 2 aromatic carbocycles. The van der Waals surface area contributed by atoms with Gasteiger partial charge in [0.1, 0.15) is 11.6 Å². The number of nitrogens with zero attached hydrogens (tertiary/aromatic N) is 1. The summed E-state index contributed by atoms with van der Waals surface area (Å²) in [5.74, 6) is -1.28. The van der Waals surface area contributed by atoms with E-state index in [0.717, 1.165) is 23.8 Å². The quantitative estimate of drug-likeness (QED) is 0.527. The Labute approximate surface area is 182 Å². The van der Waals surface area contributed by atoms with E-state index in [0.29, 0.717) is 47.5 Å². The van der Waals surface area contributed by atoms with Gasteiger partial charge >= 0.3 is 0 Å². The summed E-state index contributed by atoms with van der Waals surface area (Å²) in [6.45, 7) is 0.850. The van der Waals surface area contributed by atoms with Crippen LogP contribution in [0.5, 0.6) is 0 Å². The topological polar surface area (TPSA) is 37.4 Å². The Hall–Kier alpha value is -1.63. The third-order valence-electron chi connectivity index (χ3n) is 4.91. The second-order valence-electron chi connectivity index (χ2n) is 6.87. The molecule has 1 aliphatic heterocycles. The second kappa shape index (κ2) is 9.92. The maximum Gasteiger partial charge on any atom is 0.232 e. The lowest BCUT2D eigenvalue weighted by atomic mass is 9.88. The van der Waals surface area contributed by atoms with E-state index in [2.05, 4.69) is 0 Å². The number of Topliss-reactive ketones (excluding diaryl/α,β-unsaturated/α-hetero) is 1. The van der Waals surface area contributed by atoms with Crippen LogP contribution in [0.25, 0.3) is 0 Å². The second-order valence-corrected chi connectivity index (χ2v) is 8.70. The molecule has 1 amide bonds. The van der Waals surface area contributed by atoms with Gasteiger partial charge in [-0.25, -0.2) is 8.78 Å². The summed E-state index contributed by atoms with van der Waals surface area (Å²) in [6.07, 6.45) is 0.877. The van der Waals surface area contributed by atoms with Crippen molar-refractivity contribution in [3.05, 3.63) is 69.2 Å². The first-order valence-electron chi connectivity index (χ1n) is 9.14. The number of hydrogen-bond donors (Lipinski definition) is 0. The molecular weight excluding hydrogens is 439 g/mol. The number of piperidine rings is 1. The van der Waals surface area contributed by atoms with E-state index >= 15 is 0 Å². The molecule has 2 aromatic rings. The number of likely N-dealkylation sites (tertiary alicyclic amines) is 1. The average molecular weight is 458 g/mol. The summed E-state index contributed by atoms with van der Waals surface area (Å²) in [5.41, 5.74) is 0.695. The smallest absolute Gasteiger partial charge is 0.232 e. The van der Waals surface area contributed by atoms with Gasteiger partial charge in [0.2, 0.25) is 5.91 Å². The molecular formula is C21H19Cl2F2NO2S. The predicted molar refractivity (Wildman–Crippen MR) is 113 cm³/mol. The molecule has 1 heterocycles. The molecule has 1 fully saturated rings. The molecule has 3 nitrogen and oxygen atoms in total. The van der Waals surface area contributed by atoms with Crippen molar-refractivity contribution in [3.63, 3.8) is 0 Å². The van der Waals surface area contributed by atoms with E-state index in [9.17, 15) is 18.4 Å². The van der Waals surface area contributed by atoms with E-state index < -0.39 is 23.3 Å². The van der Waals surface area contributed by atoms with E-state index in [1.807, 2.05) is 6.07 Å². The van der Waals surface area contributed by atoms with Crippen molar-refractivity contribution in [2.24, 2.45) is 5.92 Å². The fraction of sp³-hybridized carbons (Fsp3) is 0.333. The zero-order valence-corrected chi connectivity index (χ0v) is 17.8. The Balaban J connectivity index is 1.48. The molecule has 1 saturated heterocycles. The highest BCUT2D eigenvalue weighted by Crippen LogP contribution is 2.26. The summed E-state index contributed by atoms with van der Waals surface area (Å²) >= 11 is 13.5. The molecule has 0 saturated carbocycles. The minimum Gasteiger partial charge on any atom is -0.342 e. The van der Waals surface area contributed by atoms with Crippen LogP contribution in [0.1, 0.15) is 28.8 Å². The van der Waals surface area contributed by atoms with Crippen molar-refractivity contribution in [1.29, 1.82) is 0 Å². The lowest BCUT2D eigenvalue weighted by Gasteiger charge is -2.31. The number of halogens is 4. The van der Waals surface area contributed by atoms with Crippen molar-refractivity contribution in [2.75, 3.05) is 18.8 Å². The normalized spacial score (nSPS) is 14.8. The van der Waals surface area contributed by atoms with Crippen molar-refractivity contribution < 1.29 is 18.4 Å². The molecule has 0 aromatic heterocycles. The van der Waals surface area contributed by atoms with Gasteiger partial charge in [-0.15, -0.1) is 11.8 Å². The highest BCUT2D eigenvalue weighted by molar-refractivity contribution is 7.99. The molecule has 0 N–H and O–H groups in total. The van der Waals surface area contributed by atoms with Crippen LogP contribution >= 0.6 is 35.0 Å². The fourth-order valence-corrected chi connectivity index (χ4v) is 4.76. The SMILES string of the molecule is O=C(c1cc(F)ccc1F)C1CCN(C(=O)CSCc2ccc(Cl)cc2Cl)CC1. The maximum absolute atomic E-state index is 13.8. The van der Waals surface area contributed by atoms with Crippen LogP contribution in [0.3, 0.4) is 0 Å². The monoisotopic (exact) mass is 457 g/mol. The number of hydrogen-bond acceptors (Lipinski definition) is 3. The van der Waals surface area contributed by atoms with Gasteiger partial charge in [0.05, 0.1) is 11.3 Å². The molecule has 0 radical (unpaired) electrons. The van der Waals surface area contributed by atoms with E-state index in [4.69, 9.17) is 23.2 Å². The number of carbonyl (C=O) groups excluding carboxylic acids is 2. The highest BCUT2D eigenvalue weighted by Gasteiger charge is 2.29. The molecule has 0 spiro atoms. The zero-order valence-electron chi connectivity index (χ0n) is 15.5. The minimum absolute atomic E-state index is 0.0112. The molecule has 29 heavy (non-hydrogen) atoms. The Kier molecular flexibility index (Phi) is 7.55. The van der Waals surface area contributed by atoms with Crippen molar-refractivity contribution in [3.8, 4) is 0 Å². The highest BCUT2D eigenvalue weighted by atomic mass is 35.5. The Morgan fingerprint density at radius 3 is 2.48 bits per heavy atom. The van der Waals surface area contributed by atoms with Crippen LogP contribution in [-0.4, -0.2) is 35.4 Å². The molecule has 154 valence electrons. The summed E-state index contributed by atoms with van der Waals surface area (Å²) in [6, 6.07) is 8.16.